The summed E-state index contributed by atoms with van der Waals surface area (Å²) >= 11 is 0. The maximum absolute atomic E-state index is 9.07. The van der Waals surface area contributed by atoms with E-state index in [2.05, 4.69) is 16.5 Å². The van der Waals surface area contributed by atoms with E-state index in [-0.39, 0.29) is 5.92 Å². The first-order valence-corrected chi connectivity index (χ1v) is 5.91. The van der Waals surface area contributed by atoms with Gasteiger partial charge in [-0.25, -0.2) is 0 Å². The predicted molar refractivity (Wildman–Crippen MR) is 61.4 cm³/mol. The lowest BCUT2D eigenvalue weighted by Gasteiger charge is -2.27. The molecule has 4 nitrogen and oxygen atoms in total. The fourth-order valence-electron chi connectivity index (χ4n) is 2.34. The van der Waals surface area contributed by atoms with Crippen LogP contribution in [0.3, 0.4) is 0 Å². The average molecular weight is 218 g/mol. The predicted octanol–water partition coefficient (Wildman–Crippen LogP) is 1.59. The molecule has 1 aromatic rings. The molecule has 0 bridgehead atoms. The van der Waals surface area contributed by atoms with Crippen LogP contribution in [0.15, 0.2) is 12.3 Å². The van der Waals surface area contributed by atoms with Crippen molar-refractivity contribution in [3.05, 3.63) is 18.0 Å². The van der Waals surface area contributed by atoms with Crippen LogP contribution in [0.25, 0.3) is 0 Å². The second-order valence-corrected chi connectivity index (χ2v) is 4.45. The summed E-state index contributed by atoms with van der Waals surface area (Å²) in [7, 11) is 1.94. The van der Waals surface area contributed by atoms with Crippen molar-refractivity contribution in [3.8, 4) is 6.07 Å². The van der Waals surface area contributed by atoms with Crippen molar-refractivity contribution in [1.29, 1.82) is 5.26 Å². The Morgan fingerprint density at radius 1 is 1.56 bits per heavy atom. The zero-order valence-electron chi connectivity index (χ0n) is 9.69. The van der Waals surface area contributed by atoms with Gasteiger partial charge in [-0.1, -0.05) is 12.8 Å². The largest absolute Gasteiger partial charge is 0.307 e. The van der Waals surface area contributed by atoms with Gasteiger partial charge in [0, 0.05) is 25.8 Å². The van der Waals surface area contributed by atoms with Gasteiger partial charge in [0.15, 0.2) is 0 Å². The van der Waals surface area contributed by atoms with Gasteiger partial charge < -0.3 is 5.32 Å². The molecule has 0 aliphatic heterocycles. The second kappa shape index (κ2) is 5.13. The Labute approximate surface area is 96.3 Å². The summed E-state index contributed by atoms with van der Waals surface area (Å²) in [6.45, 7) is 0.805. The smallest absolute Gasteiger partial charge is 0.0672 e. The van der Waals surface area contributed by atoms with E-state index < -0.39 is 0 Å². The lowest BCUT2D eigenvalue weighted by molar-refractivity contribution is 0.309. The van der Waals surface area contributed by atoms with Gasteiger partial charge in [-0.2, -0.15) is 10.4 Å². The summed E-state index contributed by atoms with van der Waals surface area (Å²) < 4.78 is 1.87. The molecule has 1 saturated carbocycles. The van der Waals surface area contributed by atoms with Crippen LogP contribution in [0.1, 0.15) is 31.4 Å². The first-order valence-electron chi connectivity index (χ1n) is 5.91. The molecule has 1 fully saturated rings. The molecule has 0 saturated heterocycles. The lowest BCUT2D eigenvalue weighted by atomic mass is 9.85. The van der Waals surface area contributed by atoms with Gasteiger partial charge in [0.05, 0.1) is 17.7 Å². The van der Waals surface area contributed by atoms with Crippen LogP contribution < -0.4 is 5.32 Å². The molecular weight excluding hydrogens is 200 g/mol. The number of nitrogens with one attached hydrogen (secondary N) is 1. The first kappa shape index (κ1) is 11.2. The Bertz CT molecular complexity index is 377. The molecule has 0 amide bonds. The summed E-state index contributed by atoms with van der Waals surface area (Å²) in [5.74, 6) is 0.182. The Balaban J connectivity index is 1.89. The number of nitrogens with zero attached hydrogens (tertiary/aromatic N) is 3. The molecule has 1 aromatic heterocycles. The molecular formula is C12H18N4. The van der Waals surface area contributed by atoms with Crippen LogP contribution in [0.5, 0.6) is 0 Å². The van der Waals surface area contributed by atoms with E-state index >= 15 is 0 Å². The molecule has 1 heterocycles. The van der Waals surface area contributed by atoms with Crippen molar-refractivity contribution in [3.63, 3.8) is 0 Å². The molecule has 0 aromatic carbocycles. The number of rotatable bonds is 3. The Morgan fingerprint density at radius 3 is 3.06 bits per heavy atom. The number of aryl methyl sites for hydroxylation is 1. The standard InChI is InChI=1S/C12H18N4/c1-16-11(6-7-15-16)9-14-12-5-3-2-4-10(12)8-13/h6-7,10,12,14H,2-5,9H2,1H3. The highest BCUT2D eigenvalue weighted by Crippen LogP contribution is 2.23. The van der Waals surface area contributed by atoms with Gasteiger partial charge in [-0.15, -0.1) is 0 Å². The molecule has 1 aliphatic carbocycles. The highest BCUT2D eigenvalue weighted by Gasteiger charge is 2.24. The van der Waals surface area contributed by atoms with E-state index in [1.165, 1.54) is 18.5 Å². The molecule has 2 rings (SSSR count). The third-order valence-electron chi connectivity index (χ3n) is 3.40. The average Bonchev–Trinajstić information content (AvgIpc) is 2.72. The molecule has 16 heavy (non-hydrogen) atoms. The number of hydrogen-bond donors (Lipinski definition) is 1. The minimum absolute atomic E-state index is 0.182. The van der Waals surface area contributed by atoms with Crippen molar-refractivity contribution in [1.82, 2.24) is 15.1 Å². The molecule has 2 atom stereocenters. The van der Waals surface area contributed by atoms with E-state index in [4.69, 9.17) is 5.26 Å². The van der Waals surface area contributed by atoms with Gasteiger partial charge in [-0.05, 0) is 18.9 Å². The van der Waals surface area contributed by atoms with Gasteiger partial charge in [0.25, 0.3) is 0 Å². The van der Waals surface area contributed by atoms with Crippen molar-refractivity contribution in [2.75, 3.05) is 0 Å². The highest BCUT2D eigenvalue weighted by molar-refractivity contribution is 5.01. The maximum atomic E-state index is 9.07. The van der Waals surface area contributed by atoms with E-state index in [1.54, 1.807) is 6.20 Å². The quantitative estimate of drug-likeness (QED) is 0.838. The van der Waals surface area contributed by atoms with Gasteiger partial charge in [0.1, 0.15) is 0 Å². The molecule has 1 N–H and O–H groups in total. The lowest BCUT2D eigenvalue weighted by Crippen LogP contribution is -2.37. The van der Waals surface area contributed by atoms with Crippen LogP contribution in [-0.2, 0) is 13.6 Å². The van der Waals surface area contributed by atoms with Crippen molar-refractivity contribution in [2.45, 2.75) is 38.3 Å². The van der Waals surface area contributed by atoms with Gasteiger partial charge in [-0.3, -0.25) is 4.68 Å². The summed E-state index contributed by atoms with van der Waals surface area (Å²) in [6, 6.07) is 4.78. The van der Waals surface area contributed by atoms with E-state index in [0.29, 0.717) is 6.04 Å². The normalized spacial score (nSPS) is 25.2. The Kier molecular flexibility index (Phi) is 3.58. The fourth-order valence-corrected chi connectivity index (χ4v) is 2.34. The zero-order valence-corrected chi connectivity index (χ0v) is 9.69. The van der Waals surface area contributed by atoms with E-state index in [1.807, 2.05) is 17.8 Å². The van der Waals surface area contributed by atoms with Crippen LogP contribution in [0, 0.1) is 17.2 Å². The summed E-state index contributed by atoms with van der Waals surface area (Å²) in [4.78, 5) is 0. The molecule has 0 spiro atoms. The second-order valence-electron chi connectivity index (χ2n) is 4.45. The first-order chi connectivity index (χ1) is 7.81. The maximum Gasteiger partial charge on any atom is 0.0672 e. The third kappa shape index (κ3) is 2.42. The van der Waals surface area contributed by atoms with Crippen molar-refractivity contribution < 1.29 is 0 Å². The number of hydrogen-bond acceptors (Lipinski definition) is 3. The monoisotopic (exact) mass is 218 g/mol. The van der Waals surface area contributed by atoms with E-state index in [9.17, 15) is 0 Å². The zero-order chi connectivity index (χ0) is 11.4. The molecule has 4 heteroatoms. The van der Waals surface area contributed by atoms with E-state index in [0.717, 1.165) is 19.4 Å². The Morgan fingerprint density at radius 2 is 2.38 bits per heavy atom. The highest BCUT2D eigenvalue weighted by atomic mass is 15.3. The van der Waals surface area contributed by atoms with Crippen molar-refractivity contribution >= 4 is 0 Å². The van der Waals surface area contributed by atoms with Crippen LogP contribution >= 0.6 is 0 Å². The summed E-state index contributed by atoms with van der Waals surface area (Å²) in [6.07, 6.45) is 6.40. The minimum Gasteiger partial charge on any atom is -0.307 e. The summed E-state index contributed by atoms with van der Waals surface area (Å²) in [5, 5.41) is 16.7. The van der Waals surface area contributed by atoms with Crippen LogP contribution in [0.2, 0.25) is 0 Å². The van der Waals surface area contributed by atoms with Crippen molar-refractivity contribution in [2.24, 2.45) is 13.0 Å². The number of aromatic nitrogens is 2. The molecule has 1 aliphatic rings. The topological polar surface area (TPSA) is 53.6 Å². The van der Waals surface area contributed by atoms with Gasteiger partial charge >= 0.3 is 0 Å². The molecule has 86 valence electrons. The van der Waals surface area contributed by atoms with Gasteiger partial charge in [0.2, 0.25) is 0 Å². The SMILES string of the molecule is Cn1nccc1CNC1CCCCC1C#N. The molecule has 0 radical (unpaired) electrons. The molecule has 2 unspecified atom stereocenters. The third-order valence-corrected chi connectivity index (χ3v) is 3.40. The number of nitriles is 1. The fraction of sp³-hybridized carbons (Fsp3) is 0.667. The minimum atomic E-state index is 0.182. The van der Waals surface area contributed by atoms with Crippen LogP contribution in [-0.4, -0.2) is 15.8 Å². The van der Waals surface area contributed by atoms with Crippen LogP contribution in [0.4, 0.5) is 0 Å². The summed E-state index contributed by atoms with van der Waals surface area (Å²) in [5.41, 5.74) is 1.17. The Hall–Kier alpha value is -1.34.